The van der Waals surface area contributed by atoms with E-state index in [1.54, 1.807) is 33.3 Å². The van der Waals surface area contributed by atoms with Crippen LogP contribution in [0.2, 0.25) is 0 Å². The Labute approximate surface area is 176 Å². The van der Waals surface area contributed by atoms with Gasteiger partial charge < -0.3 is 15.5 Å². The third-order valence-corrected chi connectivity index (χ3v) is 5.16. The summed E-state index contributed by atoms with van der Waals surface area (Å²) in [4.78, 5) is 17.6. The van der Waals surface area contributed by atoms with Crippen molar-refractivity contribution in [3.8, 4) is 0 Å². The maximum atomic E-state index is 13.6. The van der Waals surface area contributed by atoms with E-state index >= 15 is 0 Å². The van der Waals surface area contributed by atoms with Crippen molar-refractivity contribution >= 4 is 21.7 Å². The Bertz CT molecular complexity index is 1020. The summed E-state index contributed by atoms with van der Waals surface area (Å²) in [6.45, 7) is 0.689. The van der Waals surface area contributed by atoms with Crippen LogP contribution in [0.1, 0.15) is 27.0 Å². The van der Waals surface area contributed by atoms with Crippen molar-refractivity contribution in [2.75, 3.05) is 27.4 Å². The number of nitrogens with one attached hydrogen (secondary N) is 2. The normalized spacial score (nSPS) is 11.8. The lowest BCUT2D eigenvalue weighted by atomic mass is 10.1. The summed E-state index contributed by atoms with van der Waals surface area (Å²) in [5.74, 6) is -0.168. The fourth-order valence-corrected chi connectivity index (χ4v) is 3.64. The second-order valence-corrected chi connectivity index (χ2v) is 9.30. The van der Waals surface area contributed by atoms with E-state index in [1.807, 2.05) is 12.1 Å². The summed E-state index contributed by atoms with van der Waals surface area (Å²) in [5.41, 5.74) is 2.66. The van der Waals surface area contributed by atoms with E-state index < -0.39 is 15.7 Å². The molecule has 0 spiro atoms. The molecule has 30 heavy (non-hydrogen) atoms. The second kappa shape index (κ2) is 10.2. The van der Waals surface area contributed by atoms with Crippen LogP contribution >= 0.6 is 0 Å². The van der Waals surface area contributed by atoms with Gasteiger partial charge in [0.05, 0.1) is 5.75 Å². The highest BCUT2D eigenvalue weighted by Crippen LogP contribution is 2.14. The number of guanidine groups is 1. The van der Waals surface area contributed by atoms with Gasteiger partial charge in [-0.3, -0.25) is 9.79 Å². The van der Waals surface area contributed by atoms with Crippen molar-refractivity contribution in [2.45, 2.75) is 18.8 Å². The fourth-order valence-electron chi connectivity index (χ4n) is 2.79. The van der Waals surface area contributed by atoms with E-state index in [4.69, 9.17) is 0 Å². The lowest BCUT2D eigenvalue weighted by Gasteiger charge is -2.15. The zero-order chi connectivity index (χ0) is 22.3. The van der Waals surface area contributed by atoms with Crippen molar-refractivity contribution in [1.29, 1.82) is 0 Å². The molecule has 0 radical (unpaired) electrons. The number of benzene rings is 2. The molecule has 0 aliphatic heterocycles. The quantitative estimate of drug-likeness (QED) is 0.513. The second-order valence-electron chi connectivity index (χ2n) is 7.16. The highest BCUT2D eigenvalue weighted by molar-refractivity contribution is 7.89. The number of amides is 1. The van der Waals surface area contributed by atoms with Crippen molar-refractivity contribution in [1.82, 2.24) is 15.5 Å². The molecule has 0 aromatic heterocycles. The van der Waals surface area contributed by atoms with Crippen LogP contribution in [0.3, 0.4) is 0 Å². The van der Waals surface area contributed by atoms with Gasteiger partial charge in [0.15, 0.2) is 15.8 Å². The summed E-state index contributed by atoms with van der Waals surface area (Å²) in [5, 5.41) is 6.21. The molecule has 0 saturated heterocycles. The molecule has 162 valence electrons. The molecule has 0 heterocycles. The Kier molecular flexibility index (Phi) is 7.93. The molecule has 0 saturated carbocycles. The predicted molar refractivity (Wildman–Crippen MR) is 116 cm³/mol. The summed E-state index contributed by atoms with van der Waals surface area (Å²) in [6, 6.07) is 11.3. The first-order valence-electron chi connectivity index (χ1n) is 9.29. The van der Waals surface area contributed by atoms with Gasteiger partial charge in [-0.1, -0.05) is 18.2 Å². The average molecular weight is 435 g/mol. The van der Waals surface area contributed by atoms with E-state index in [0.717, 1.165) is 11.8 Å². The molecule has 0 fully saturated rings. The van der Waals surface area contributed by atoms with Crippen LogP contribution in [-0.2, 0) is 28.7 Å². The van der Waals surface area contributed by atoms with Crippen molar-refractivity contribution in [3.63, 3.8) is 0 Å². The number of carbonyl (C=O) groups excluding carboxylic acids is 1. The third-order valence-electron chi connectivity index (χ3n) is 4.32. The van der Waals surface area contributed by atoms with Gasteiger partial charge in [-0.15, -0.1) is 0 Å². The SMILES string of the molecule is CN=C(NCc1ccc(C(=O)N(C)C)cc1)NCc1cc(F)ccc1CS(C)(=O)=O. The van der Waals surface area contributed by atoms with Crippen LogP contribution < -0.4 is 10.6 Å². The van der Waals surface area contributed by atoms with Crippen LogP contribution in [-0.4, -0.2) is 52.6 Å². The molecule has 9 heteroatoms. The summed E-state index contributed by atoms with van der Waals surface area (Å²) < 4.78 is 36.9. The van der Waals surface area contributed by atoms with Gasteiger partial charge in [0.2, 0.25) is 0 Å². The zero-order valence-corrected chi connectivity index (χ0v) is 18.4. The van der Waals surface area contributed by atoms with Gasteiger partial charge in [0.1, 0.15) is 5.82 Å². The molecule has 0 aliphatic rings. The largest absolute Gasteiger partial charge is 0.352 e. The number of halogens is 1. The molecule has 0 unspecified atom stereocenters. The van der Waals surface area contributed by atoms with E-state index in [2.05, 4.69) is 15.6 Å². The fraction of sp³-hybridized carbons (Fsp3) is 0.333. The predicted octanol–water partition coefficient (Wildman–Crippen LogP) is 1.94. The van der Waals surface area contributed by atoms with Crippen molar-refractivity contribution in [2.24, 2.45) is 4.99 Å². The lowest BCUT2D eigenvalue weighted by Crippen LogP contribution is -2.36. The summed E-state index contributed by atoms with van der Waals surface area (Å²) >= 11 is 0. The maximum absolute atomic E-state index is 13.6. The standard InChI is InChI=1S/C21H27FN4O3S/c1-23-21(24-12-15-5-7-16(8-6-15)20(27)26(2)3)25-13-18-11-19(22)10-9-17(18)14-30(4,28)29/h5-11H,12-14H2,1-4H3,(H2,23,24,25). The molecule has 7 nitrogen and oxygen atoms in total. The molecule has 0 atom stereocenters. The molecule has 1 amide bonds. The van der Waals surface area contributed by atoms with Gasteiger partial charge in [-0.05, 0) is 41.0 Å². The number of hydrogen-bond acceptors (Lipinski definition) is 4. The van der Waals surface area contributed by atoms with E-state index in [9.17, 15) is 17.6 Å². The molecule has 2 N–H and O–H groups in total. The first-order valence-corrected chi connectivity index (χ1v) is 11.3. The van der Waals surface area contributed by atoms with Gasteiger partial charge >= 0.3 is 0 Å². The van der Waals surface area contributed by atoms with Crippen LogP contribution in [0.4, 0.5) is 4.39 Å². The Morgan fingerprint density at radius 1 is 1.03 bits per heavy atom. The number of carbonyl (C=O) groups is 1. The molecule has 2 aromatic rings. The molecule has 2 rings (SSSR count). The van der Waals surface area contributed by atoms with E-state index in [0.29, 0.717) is 29.2 Å². The van der Waals surface area contributed by atoms with Gasteiger partial charge in [0, 0.05) is 46.1 Å². The minimum atomic E-state index is -3.24. The monoisotopic (exact) mass is 434 g/mol. The van der Waals surface area contributed by atoms with Gasteiger partial charge in [0.25, 0.3) is 5.91 Å². The van der Waals surface area contributed by atoms with E-state index in [1.165, 1.54) is 23.1 Å². The van der Waals surface area contributed by atoms with Crippen LogP contribution in [0.25, 0.3) is 0 Å². The Morgan fingerprint density at radius 3 is 2.23 bits per heavy atom. The minimum absolute atomic E-state index is 0.0630. The van der Waals surface area contributed by atoms with Crippen LogP contribution in [0.5, 0.6) is 0 Å². The Morgan fingerprint density at radius 2 is 1.67 bits per heavy atom. The van der Waals surface area contributed by atoms with E-state index in [-0.39, 0.29) is 18.2 Å². The highest BCUT2D eigenvalue weighted by atomic mass is 32.2. The third kappa shape index (κ3) is 7.14. The molecule has 2 aromatic carbocycles. The highest BCUT2D eigenvalue weighted by Gasteiger charge is 2.11. The lowest BCUT2D eigenvalue weighted by molar-refractivity contribution is 0.0827. The summed E-state index contributed by atoms with van der Waals surface area (Å²) in [7, 11) is 1.77. The average Bonchev–Trinajstić information content (AvgIpc) is 2.68. The zero-order valence-electron chi connectivity index (χ0n) is 17.6. The van der Waals surface area contributed by atoms with Crippen molar-refractivity contribution < 1.29 is 17.6 Å². The smallest absolute Gasteiger partial charge is 0.253 e. The van der Waals surface area contributed by atoms with Crippen LogP contribution in [0, 0.1) is 5.82 Å². The Balaban J connectivity index is 1.99. The number of rotatable bonds is 7. The number of nitrogens with zero attached hydrogens (tertiary/aromatic N) is 2. The first kappa shape index (κ1) is 23.3. The topological polar surface area (TPSA) is 90.9 Å². The molecular weight excluding hydrogens is 407 g/mol. The van der Waals surface area contributed by atoms with Crippen molar-refractivity contribution in [3.05, 3.63) is 70.5 Å². The van der Waals surface area contributed by atoms with Gasteiger partial charge in [-0.25, -0.2) is 12.8 Å². The molecular formula is C21H27FN4O3S. The minimum Gasteiger partial charge on any atom is -0.352 e. The Hall–Kier alpha value is -2.94. The number of hydrogen-bond donors (Lipinski definition) is 2. The number of aliphatic imine (C=N–C) groups is 1. The van der Waals surface area contributed by atoms with Gasteiger partial charge in [-0.2, -0.15) is 0 Å². The van der Waals surface area contributed by atoms with Crippen LogP contribution in [0.15, 0.2) is 47.5 Å². The molecule has 0 bridgehead atoms. The first-order chi connectivity index (χ1) is 14.1. The number of sulfone groups is 1. The maximum Gasteiger partial charge on any atom is 0.253 e. The molecule has 0 aliphatic carbocycles. The summed E-state index contributed by atoms with van der Waals surface area (Å²) in [6.07, 6.45) is 1.14.